The topological polar surface area (TPSA) is 184 Å². The van der Waals surface area contributed by atoms with E-state index in [9.17, 15) is 9.90 Å². The van der Waals surface area contributed by atoms with E-state index in [1.807, 2.05) is 30.3 Å². The summed E-state index contributed by atoms with van der Waals surface area (Å²) in [5.74, 6) is -2.99. The van der Waals surface area contributed by atoms with Crippen LogP contribution in [-0.2, 0) is 20.9 Å². The molecule has 40 heavy (non-hydrogen) atoms. The fourth-order valence-corrected chi connectivity index (χ4v) is 4.54. The molecular formula is C28H29N5O7. The fraction of sp³-hybridized carbons (Fsp3) is 0.286. The molecule has 12 heteroatoms. The highest BCUT2D eigenvalue weighted by molar-refractivity contribution is 6.27. The van der Waals surface area contributed by atoms with E-state index in [4.69, 9.17) is 24.5 Å². The van der Waals surface area contributed by atoms with Crippen LogP contribution in [0, 0.1) is 5.92 Å². The quantitative estimate of drug-likeness (QED) is 0.223. The molecule has 5 N–H and O–H groups in total. The Labute approximate surface area is 229 Å². The van der Waals surface area contributed by atoms with Gasteiger partial charge >= 0.3 is 11.9 Å². The number of carbonyl (C=O) groups excluding carboxylic acids is 1. The van der Waals surface area contributed by atoms with E-state index in [2.05, 4.69) is 25.6 Å². The minimum absolute atomic E-state index is 0.0160. The van der Waals surface area contributed by atoms with Gasteiger partial charge in [0.05, 0.1) is 24.0 Å². The number of carboxylic acids is 2. The Balaban J connectivity index is 0.000000557. The molecule has 1 fully saturated rings. The van der Waals surface area contributed by atoms with Gasteiger partial charge in [0.25, 0.3) is 0 Å². The number of ether oxygens (including phenoxy) is 1. The normalized spacial score (nSPS) is 16.5. The molecule has 3 aromatic heterocycles. The highest BCUT2D eigenvalue weighted by Gasteiger charge is 2.26. The van der Waals surface area contributed by atoms with Gasteiger partial charge in [-0.05, 0) is 49.9 Å². The summed E-state index contributed by atoms with van der Waals surface area (Å²) in [5, 5.41) is 32.4. The predicted octanol–water partition coefficient (Wildman–Crippen LogP) is 3.33. The number of hydrogen-bond donors (Lipinski definition) is 5. The van der Waals surface area contributed by atoms with Crippen LogP contribution in [0.3, 0.4) is 0 Å². The maximum Gasteiger partial charge on any atom is 0.414 e. The van der Waals surface area contributed by atoms with E-state index in [-0.39, 0.29) is 17.6 Å². The van der Waals surface area contributed by atoms with Crippen molar-refractivity contribution in [3.05, 3.63) is 60.4 Å². The number of phenolic OH excluding ortho intramolecular Hbond substituents is 1. The van der Waals surface area contributed by atoms with Crippen molar-refractivity contribution in [2.45, 2.75) is 38.3 Å². The van der Waals surface area contributed by atoms with Crippen molar-refractivity contribution in [2.75, 3.05) is 12.4 Å². The zero-order valence-corrected chi connectivity index (χ0v) is 21.7. The molecule has 3 heterocycles. The molecule has 5 rings (SSSR count). The van der Waals surface area contributed by atoms with Gasteiger partial charge in [-0.1, -0.05) is 18.2 Å². The smallest absolute Gasteiger partial charge is 0.414 e. The Morgan fingerprint density at radius 1 is 0.925 bits per heavy atom. The van der Waals surface area contributed by atoms with Gasteiger partial charge in [-0.3, -0.25) is 9.78 Å². The van der Waals surface area contributed by atoms with Crippen LogP contribution in [0.1, 0.15) is 31.4 Å². The lowest BCUT2D eigenvalue weighted by Crippen LogP contribution is -2.36. The molecule has 0 saturated heterocycles. The molecule has 0 atom stereocenters. The lowest BCUT2D eigenvalue weighted by atomic mass is 9.85. The number of para-hydroxylation sites is 1. The zero-order chi connectivity index (χ0) is 28.6. The van der Waals surface area contributed by atoms with Gasteiger partial charge in [0.15, 0.2) is 0 Å². The molecule has 0 spiro atoms. The summed E-state index contributed by atoms with van der Waals surface area (Å²) in [6.45, 7) is 0.627. The minimum Gasteiger partial charge on any atom is -0.506 e. The van der Waals surface area contributed by atoms with E-state index < -0.39 is 11.9 Å². The Morgan fingerprint density at radius 3 is 2.38 bits per heavy atom. The number of nitrogens with zero attached hydrogens (tertiary/aromatic N) is 3. The molecule has 12 nitrogen and oxygen atoms in total. The molecule has 0 bridgehead atoms. The van der Waals surface area contributed by atoms with Crippen molar-refractivity contribution in [1.29, 1.82) is 0 Å². The molecule has 1 saturated carbocycles. The molecule has 0 aliphatic heterocycles. The Morgan fingerprint density at radius 2 is 1.68 bits per heavy atom. The summed E-state index contributed by atoms with van der Waals surface area (Å²) in [7, 11) is 1.56. The van der Waals surface area contributed by atoms with Crippen LogP contribution in [0.4, 0.5) is 5.69 Å². The Bertz CT molecular complexity index is 1520. The Kier molecular flexibility index (Phi) is 9.02. The largest absolute Gasteiger partial charge is 0.506 e. The number of rotatable bonds is 6. The number of hydrogen-bond acceptors (Lipinski definition) is 9. The van der Waals surface area contributed by atoms with E-state index in [1.165, 1.54) is 0 Å². The van der Waals surface area contributed by atoms with Crippen LogP contribution in [0.5, 0.6) is 11.6 Å². The van der Waals surface area contributed by atoms with Crippen molar-refractivity contribution >= 4 is 45.5 Å². The van der Waals surface area contributed by atoms with Gasteiger partial charge in [0.2, 0.25) is 11.8 Å². The van der Waals surface area contributed by atoms with Crippen LogP contribution in [-0.4, -0.2) is 61.3 Å². The first-order valence-electron chi connectivity index (χ1n) is 12.6. The number of benzene rings is 1. The summed E-state index contributed by atoms with van der Waals surface area (Å²) in [4.78, 5) is 44.5. The number of aromatic hydroxyl groups is 1. The average Bonchev–Trinajstić information content (AvgIpc) is 2.97. The molecule has 1 aliphatic rings. The first-order chi connectivity index (χ1) is 19.2. The molecule has 0 radical (unpaired) electrons. The molecule has 208 valence electrons. The number of aromatic nitrogens is 3. The summed E-state index contributed by atoms with van der Waals surface area (Å²) >= 11 is 0. The maximum atomic E-state index is 13.0. The van der Waals surface area contributed by atoms with Crippen molar-refractivity contribution in [3.8, 4) is 11.6 Å². The number of fused-ring (bicyclic) bond motifs is 2. The van der Waals surface area contributed by atoms with E-state index in [0.717, 1.165) is 36.8 Å². The van der Waals surface area contributed by atoms with Gasteiger partial charge in [0, 0.05) is 36.2 Å². The van der Waals surface area contributed by atoms with Gasteiger partial charge in [-0.15, -0.1) is 0 Å². The predicted molar refractivity (Wildman–Crippen MR) is 146 cm³/mol. The molecule has 1 aliphatic carbocycles. The molecule has 0 unspecified atom stereocenters. The number of phenols is 1. The van der Waals surface area contributed by atoms with Crippen LogP contribution in [0.2, 0.25) is 0 Å². The second-order valence-corrected chi connectivity index (χ2v) is 9.26. The highest BCUT2D eigenvalue weighted by atomic mass is 16.5. The van der Waals surface area contributed by atoms with E-state index in [0.29, 0.717) is 40.7 Å². The van der Waals surface area contributed by atoms with Crippen LogP contribution < -0.4 is 15.4 Å². The summed E-state index contributed by atoms with van der Waals surface area (Å²) in [6, 6.07) is 15.1. The third-order valence-corrected chi connectivity index (χ3v) is 6.63. The Hall–Kier alpha value is -4.84. The fourth-order valence-electron chi connectivity index (χ4n) is 4.54. The van der Waals surface area contributed by atoms with Crippen LogP contribution in [0.15, 0.2) is 54.7 Å². The zero-order valence-electron chi connectivity index (χ0n) is 21.7. The van der Waals surface area contributed by atoms with Crippen molar-refractivity contribution < 1.29 is 34.4 Å². The summed E-state index contributed by atoms with van der Waals surface area (Å²) < 4.78 is 5.22. The lowest BCUT2D eigenvalue weighted by Gasteiger charge is -2.28. The van der Waals surface area contributed by atoms with E-state index in [1.54, 1.807) is 31.5 Å². The van der Waals surface area contributed by atoms with E-state index >= 15 is 0 Å². The maximum absolute atomic E-state index is 13.0. The van der Waals surface area contributed by atoms with Crippen molar-refractivity contribution in [2.24, 2.45) is 5.92 Å². The summed E-state index contributed by atoms with van der Waals surface area (Å²) in [6.07, 6.45) is 5.14. The molecule has 1 aromatic carbocycles. The standard InChI is InChI=1S/C26H27N5O3.C2H2O4/c1-34-23-12-11-20-25(31-23)21(13-14-27-20)30-26(33)17-6-8-18(9-7-17)28-15-19-10-5-16-3-2-4-22(32)24(16)29-19;3-1(4)2(5)6/h2-5,10-14,17-18,28,32H,6-9,15H2,1H3,(H,27,30,33);(H,3,4)(H,5,6). The minimum atomic E-state index is -1.82. The number of anilines is 1. The third kappa shape index (κ3) is 6.97. The summed E-state index contributed by atoms with van der Waals surface area (Å²) in [5.41, 5.74) is 3.50. The number of carbonyl (C=O) groups is 3. The monoisotopic (exact) mass is 547 g/mol. The first-order valence-corrected chi connectivity index (χ1v) is 12.6. The molecular weight excluding hydrogens is 518 g/mol. The third-order valence-electron chi connectivity index (χ3n) is 6.63. The first kappa shape index (κ1) is 28.2. The van der Waals surface area contributed by atoms with Crippen LogP contribution in [0.25, 0.3) is 21.9 Å². The highest BCUT2D eigenvalue weighted by Crippen LogP contribution is 2.28. The molecule has 4 aromatic rings. The number of aliphatic carboxylic acids is 2. The lowest BCUT2D eigenvalue weighted by molar-refractivity contribution is -0.159. The number of carboxylic acid groups (broad SMARTS) is 2. The SMILES string of the molecule is COc1ccc2nccc(NC(=O)C3CCC(NCc4ccc5cccc(O)c5n4)CC3)c2n1.O=C(O)C(=O)O. The number of nitrogens with one attached hydrogen (secondary N) is 2. The molecule has 1 amide bonds. The van der Waals surface area contributed by atoms with Gasteiger partial charge in [-0.25, -0.2) is 19.6 Å². The van der Waals surface area contributed by atoms with Crippen molar-refractivity contribution in [3.63, 3.8) is 0 Å². The second kappa shape index (κ2) is 12.8. The number of pyridine rings is 3. The average molecular weight is 548 g/mol. The van der Waals surface area contributed by atoms with Gasteiger partial charge in [0.1, 0.15) is 16.8 Å². The number of amides is 1. The number of methoxy groups -OCH3 is 1. The van der Waals surface area contributed by atoms with Crippen LogP contribution >= 0.6 is 0 Å². The second-order valence-electron chi connectivity index (χ2n) is 9.26. The van der Waals surface area contributed by atoms with Crippen molar-refractivity contribution in [1.82, 2.24) is 20.3 Å². The van der Waals surface area contributed by atoms with Gasteiger partial charge < -0.3 is 30.7 Å². The van der Waals surface area contributed by atoms with Gasteiger partial charge in [-0.2, -0.15) is 0 Å².